The summed E-state index contributed by atoms with van der Waals surface area (Å²) in [6.45, 7) is 0.541. The normalized spacial score (nSPS) is 20.5. The number of fused-ring (bicyclic) bond motifs is 1. The molecule has 3 rings (SSSR count). The molecule has 4 amide bonds. The van der Waals surface area contributed by atoms with Crippen molar-refractivity contribution in [1.82, 2.24) is 15.5 Å². The van der Waals surface area contributed by atoms with Crippen LogP contribution in [0.2, 0.25) is 0 Å². The molecule has 0 radical (unpaired) electrons. The zero-order valence-electron chi connectivity index (χ0n) is 17.1. The van der Waals surface area contributed by atoms with E-state index in [1.165, 1.54) is 4.90 Å². The predicted molar refractivity (Wildman–Crippen MR) is 110 cm³/mol. The third kappa shape index (κ3) is 5.06. The summed E-state index contributed by atoms with van der Waals surface area (Å²) in [5.41, 5.74) is 1.43. The van der Waals surface area contributed by atoms with Crippen LogP contribution in [0, 0.1) is 0 Å². The van der Waals surface area contributed by atoms with Crippen LogP contribution in [0.4, 0.5) is 10.5 Å². The highest BCUT2D eigenvalue weighted by Crippen LogP contribution is 2.31. The lowest BCUT2D eigenvalue weighted by atomic mass is 10.1. The molecule has 1 aromatic rings. The summed E-state index contributed by atoms with van der Waals surface area (Å²) in [6.07, 6.45) is 3.99. The molecule has 1 aliphatic carbocycles. The van der Waals surface area contributed by atoms with Gasteiger partial charge in [-0.2, -0.15) is 0 Å². The first-order chi connectivity index (χ1) is 14.0. The van der Waals surface area contributed by atoms with Crippen molar-refractivity contribution in [2.45, 2.75) is 44.2 Å². The van der Waals surface area contributed by atoms with Gasteiger partial charge in [-0.05, 0) is 18.9 Å². The third-order valence-electron chi connectivity index (χ3n) is 5.69. The minimum atomic E-state index is -0.404. The van der Waals surface area contributed by atoms with E-state index in [1.54, 1.807) is 19.1 Å². The number of hydrogen-bond donors (Lipinski definition) is 2. The van der Waals surface area contributed by atoms with Crippen LogP contribution in [0.25, 0.3) is 0 Å². The van der Waals surface area contributed by atoms with Crippen LogP contribution in [0.15, 0.2) is 24.3 Å². The third-order valence-corrected chi connectivity index (χ3v) is 5.69. The van der Waals surface area contributed by atoms with Gasteiger partial charge in [0.25, 0.3) is 0 Å². The molecule has 1 saturated carbocycles. The van der Waals surface area contributed by atoms with Crippen LogP contribution in [0.3, 0.4) is 0 Å². The molecule has 1 atom stereocenters. The van der Waals surface area contributed by atoms with Gasteiger partial charge >= 0.3 is 6.03 Å². The van der Waals surface area contributed by atoms with Gasteiger partial charge in [-0.1, -0.05) is 31.0 Å². The average Bonchev–Trinajstić information content (AvgIpc) is 3.25. The van der Waals surface area contributed by atoms with E-state index in [0.29, 0.717) is 12.2 Å². The molecule has 0 saturated heterocycles. The lowest BCUT2D eigenvalue weighted by Gasteiger charge is -2.28. The lowest BCUT2D eigenvalue weighted by molar-refractivity contribution is -0.123. The quantitative estimate of drug-likeness (QED) is 0.804. The highest BCUT2D eigenvalue weighted by atomic mass is 16.5. The van der Waals surface area contributed by atoms with Gasteiger partial charge in [0, 0.05) is 38.7 Å². The number of para-hydroxylation sites is 1. The minimum Gasteiger partial charge on any atom is -0.375 e. The van der Waals surface area contributed by atoms with Crippen molar-refractivity contribution >= 4 is 23.5 Å². The molecule has 29 heavy (non-hydrogen) atoms. The molecule has 0 aromatic heterocycles. The number of ether oxygens (including phenoxy) is 1. The van der Waals surface area contributed by atoms with Gasteiger partial charge < -0.3 is 25.2 Å². The number of benzene rings is 1. The average molecular weight is 402 g/mol. The number of nitrogens with zero attached hydrogens (tertiary/aromatic N) is 2. The van der Waals surface area contributed by atoms with Gasteiger partial charge in [-0.3, -0.25) is 9.59 Å². The zero-order valence-corrected chi connectivity index (χ0v) is 17.1. The van der Waals surface area contributed by atoms with Crippen molar-refractivity contribution in [1.29, 1.82) is 0 Å². The first-order valence-corrected chi connectivity index (χ1v) is 10.2. The molecule has 1 fully saturated rings. The van der Waals surface area contributed by atoms with Crippen molar-refractivity contribution in [3.05, 3.63) is 29.8 Å². The summed E-state index contributed by atoms with van der Waals surface area (Å²) in [5.74, 6) is -0.450. The van der Waals surface area contributed by atoms with Crippen molar-refractivity contribution in [3.8, 4) is 0 Å². The van der Waals surface area contributed by atoms with Crippen LogP contribution >= 0.6 is 0 Å². The highest BCUT2D eigenvalue weighted by molar-refractivity contribution is 5.99. The summed E-state index contributed by atoms with van der Waals surface area (Å²) in [4.78, 5) is 41.0. The van der Waals surface area contributed by atoms with Gasteiger partial charge in [0.05, 0.1) is 12.2 Å². The van der Waals surface area contributed by atoms with Gasteiger partial charge in [-0.25, -0.2) is 4.79 Å². The molecule has 0 bridgehead atoms. The summed E-state index contributed by atoms with van der Waals surface area (Å²) in [6, 6.07) is 7.43. The maximum atomic E-state index is 13.0. The first-order valence-electron chi connectivity index (χ1n) is 10.2. The van der Waals surface area contributed by atoms with Crippen LogP contribution in [-0.4, -0.2) is 62.6 Å². The van der Waals surface area contributed by atoms with E-state index in [2.05, 4.69) is 10.6 Å². The van der Waals surface area contributed by atoms with E-state index >= 15 is 0 Å². The molecular formula is C21H30N4O4. The zero-order chi connectivity index (χ0) is 20.8. The second kappa shape index (κ2) is 9.73. The Morgan fingerprint density at radius 3 is 2.62 bits per heavy atom. The number of hydrogen-bond acceptors (Lipinski definition) is 4. The fraction of sp³-hybridized carbons (Fsp3) is 0.571. The maximum absolute atomic E-state index is 13.0. The highest BCUT2D eigenvalue weighted by Gasteiger charge is 2.30. The Morgan fingerprint density at radius 1 is 1.21 bits per heavy atom. The second-order valence-corrected chi connectivity index (χ2v) is 7.56. The van der Waals surface area contributed by atoms with Crippen LogP contribution in [-0.2, 0) is 14.3 Å². The largest absolute Gasteiger partial charge is 0.375 e. The maximum Gasteiger partial charge on any atom is 0.317 e. The number of anilines is 1. The van der Waals surface area contributed by atoms with Gasteiger partial charge in [0.1, 0.15) is 12.6 Å². The number of amides is 4. The number of nitrogens with one attached hydrogen (secondary N) is 2. The topological polar surface area (TPSA) is 91.0 Å². The number of carbonyl (C=O) groups is 3. The lowest BCUT2D eigenvalue weighted by Crippen LogP contribution is -2.46. The molecule has 1 heterocycles. The molecule has 158 valence electrons. The van der Waals surface area contributed by atoms with E-state index in [0.717, 1.165) is 31.2 Å². The second-order valence-electron chi connectivity index (χ2n) is 7.56. The Bertz CT molecular complexity index is 748. The van der Waals surface area contributed by atoms with Crippen LogP contribution in [0.5, 0.6) is 0 Å². The SMILES string of the molecule is CNC(=O)CN1C(=O)CCN(C(=O)NC2CCCC2)CC(OC)c2ccccc21. The molecule has 8 nitrogen and oxygen atoms in total. The van der Waals surface area contributed by atoms with Crippen LogP contribution < -0.4 is 15.5 Å². The van der Waals surface area contributed by atoms with E-state index in [1.807, 2.05) is 24.3 Å². The number of carbonyl (C=O) groups excluding carboxylic acids is 3. The Balaban J connectivity index is 1.88. The van der Waals surface area contributed by atoms with Crippen molar-refractivity contribution in [3.63, 3.8) is 0 Å². The smallest absolute Gasteiger partial charge is 0.317 e. The van der Waals surface area contributed by atoms with Crippen molar-refractivity contribution in [2.24, 2.45) is 0 Å². The number of urea groups is 1. The van der Waals surface area contributed by atoms with Crippen molar-refractivity contribution in [2.75, 3.05) is 38.7 Å². The van der Waals surface area contributed by atoms with Gasteiger partial charge in [-0.15, -0.1) is 0 Å². The Morgan fingerprint density at radius 2 is 1.93 bits per heavy atom. The molecule has 1 aromatic carbocycles. The minimum absolute atomic E-state index is 0.0724. The Kier molecular flexibility index (Phi) is 7.09. The first kappa shape index (κ1) is 21.1. The fourth-order valence-corrected chi connectivity index (χ4v) is 4.01. The standard InChI is InChI=1S/C21H30N4O4/c1-22-19(26)14-25-17-10-6-5-9-16(17)18(29-2)13-24(12-11-20(25)27)21(28)23-15-7-3-4-8-15/h5-6,9-10,15,18H,3-4,7-8,11-14H2,1-2H3,(H,22,26)(H,23,28). The molecule has 0 spiro atoms. The van der Waals surface area contributed by atoms with Gasteiger partial charge in [0.2, 0.25) is 11.8 Å². The Labute approximate surface area is 171 Å². The summed E-state index contributed by atoms with van der Waals surface area (Å²) in [7, 11) is 3.14. The molecule has 2 N–H and O–H groups in total. The number of likely N-dealkylation sites (N-methyl/N-ethyl adjacent to an activating group) is 1. The molecule has 2 aliphatic rings. The van der Waals surface area contributed by atoms with E-state index in [-0.39, 0.29) is 43.4 Å². The summed E-state index contributed by atoms with van der Waals surface area (Å²) < 4.78 is 5.71. The van der Waals surface area contributed by atoms with E-state index < -0.39 is 6.10 Å². The predicted octanol–water partition coefficient (Wildman–Crippen LogP) is 1.81. The number of rotatable bonds is 4. The Hall–Kier alpha value is -2.61. The number of methoxy groups -OCH3 is 1. The van der Waals surface area contributed by atoms with E-state index in [4.69, 9.17) is 4.74 Å². The summed E-state index contributed by atoms with van der Waals surface area (Å²) in [5, 5.41) is 5.66. The van der Waals surface area contributed by atoms with E-state index in [9.17, 15) is 14.4 Å². The molecule has 1 aliphatic heterocycles. The summed E-state index contributed by atoms with van der Waals surface area (Å²) >= 11 is 0. The molecule has 8 heteroatoms. The fourth-order valence-electron chi connectivity index (χ4n) is 4.01. The monoisotopic (exact) mass is 402 g/mol. The molecule has 1 unspecified atom stereocenters. The van der Waals surface area contributed by atoms with Crippen LogP contribution in [0.1, 0.15) is 43.8 Å². The molecular weight excluding hydrogens is 372 g/mol. The van der Waals surface area contributed by atoms with Gasteiger partial charge in [0.15, 0.2) is 0 Å². The van der Waals surface area contributed by atoms with Crippen molar-refractivity contribution < 1.29 is 19.1 Å².